The number of fused-ring (bicyclic) bond motifs is 1. The van der Waals surface area contributed by atoms with Crippen molar-refractivity contribution in [1.29, 1.82) is 0 Å². The summed E-state index contributed by atoms with van der Waals surface area (Å²) in [5, 5.41) is 9.30. The Bertz CT molecular complexity index is 791. The fraction of sp³-hybridized carbons (Fsp3) is 0.125. The molecule has 0 spiro atoms. The molecule has 106 valence electrons. The van der Waals surface area contributed by atoms with E-state index in [9.17, 15) is 9.90 Å². The van der Waals surface area contributed by atoms with E-state index in [0.717, 1.165) is 11.3 Å². The fourth-order valence-electron chi connectivity index (χ4n) is 2.35. The first-order valence-electron chi connectivity index (χ1n) is 6.49. The van der Waals surface area contributed by atoms with Gasteiger partial charge in [0, 0.05) is 6.54 Å². The molecule has 1 N–H and O–H groups in total. The lowest BCUT2D eigenvalue weighted by atomic mass is 10.1. The van der Waals surface area contributed by atoms with E-state index in [4.69, 9.17) is 4.74 Å². The third-order valence-corrected chi connectivity index (χ3v) is 3.38. The van der Waals surface area contributed by atoms with Crippen LogP contribution in [-0.4, -0.2) is 27.7 Å². The molecule has 2 aromatic carbocycles. The Morgan fingerprint density at radius 3 is 2.67 bits per heavy atom. The van der Waals surface area contributed by atoms with E-state index in [1.165, 1.54) is 0 Å². The zero-order valence-electron chi connectivity index (χ0n) is 11.5. The summed E-state index contributed by atoms with van der Waals surface area (Å²) >= 11 is 0. The number of para-hydroxylation sites is 1. The van der Waals surface area contributed by atoms with Gasteiger partial charge in [-0.3, -0.25) is 0 Å². The number of nitrogens with zero attached hydrogens (tertiary/aromatic N) is 2. The average Bonchev–Trinajstić information content (AvgIpc) is 2.91. The van der Waals surface area contributed by atoms with Crippen LogP contribution in [0.25, 0.3) is 11.0 Å². The average molecular weight is 282 g/mol. The van der Waals surface area contributed by atoms with Crippen molar-refractivity contribution >= 4 is 17.0 Å². The lowest BCUT2D eigenvalue weighted by Crippen LogP contribution is -2.04. The standard InChI is InChI=1S/C16H14N2O3/c1-21-12-7-5-11(6-8-12)9-18-10-17-14-4-2-3-13(15(14)18)16(19)20/h2-8,10H,9H2,1H3,(H,19,20). The number of carbonyl (C=O) groups is 1. The minimum absolute atomic E-state index is 0.263. The molecule has 0 aliphatic carbocycles. The molecular formula is C16H14N2O3. The number of aromatic carboxylic acids is 1. The largest absolute Gasteiger partial charge is 0.497 e. The number of hydrogen-bond acceptors (Lipinski definition) is 3. The molecule has 0 atom stereocenters. The summed E-state index contributed by atoms with van der Waals surface area (Å²) in [6, 6.07) is 12.8. The Hall–Kier alpha value is -2.82. The molecule has 0 saturated carbocycles. The summed E-state index contributed by atoms with van der Waals surface area (Å²) in [4.78, 5) is 15.6. The van der Waals surface area contributed by atoms with Crippen LogP contribution < -0.4 is 4.74 Å². The maximum absolute atomic E-state index is 11.3. The Balaban J connectivity index is 2.02. The first kappa shape index (κ1) is 13.2. The molecule has 1 heterocycles. The monoisotopic (exact) mass is 282 g/mol. The van der Waals surface area contributed by atoms with Crippen molar-refractivity contribution in [3.63, 3.8) is 0 Å². The van der Waals surface area contributed by atoms with Gasteiger partial charge in [0.25, 0.3) is 0 Å². The smallest absolute Gasteiger partial charge is 0.337 e. The molecule has 0 bridgehead atoms. The molecule has 0 fully saturated rings. The molecule has 0 aliphatic heterocycles. The summed E-state index contributed by atoms with van der Waals surface area (Å²) in [5.41, 5.74) is 2.64. The van der Waals surface area contributed by atoms with E-state index in [-0.39, 0.29) is 5.56 Å². The van der Waals surface area contributed by atoms with Gasteiger partial charge in [-0.1, -0.05) is 18.2 Å². The van der Waals surface area contributed by atoms with Gasteiger partial charge < -0.3 is 14.4 Å². The minimum Gasteiger partial charge on any atom is -0.497 e. The Morgan fingerprint density at radius 1 is 1.24 bits per heavy atom. The maximum Gasteiger partial charge on any atom is 0.337 e. The molecule has 0 unspecified atom stereocenters. The van der Waals surface area contributed by atoms with E-state index >= 15 is 0 Å². The van der Waals surface area contributed by atoms with Crippen molar-refractivity contribution in [2.24, 2.45) is 0 Å². The lowest BCUT2D eigenvalue weighted by molar-refractivity contribution is 0.0698. The number of imidazole rings is 1. The van der Waals surface area contributed by atoms with Gasteiger partial charge in [-0.05, 0) is 29.8 Å². The van der Waals surface area contributed by atoms with Crippen LogP contribution in [0.4, 0.5) is 0 Å². The highest BCUT2D eigenvalue weighted by Gasteiger charge is 2.13. The van der Waals surface area contributed by atoms with Crippen LogP contribution in [0, 0.1) is 0 Å². The number of benzene rings is 2. The number of aromatic nitrogens is 2. The summed E-state index contributed by atoms with van der Waals surface area (Å²) in [5.74, 6) is -0.155. The molecule has 0 amide bonds. The molecule has 21 heavy (non-hydrogen) atoms. The number of methoxy groups -OCH3 is 1. The summed E-state index contributed by atoms with van der Waals surface area (Å²) < 4.78 is 6.98. The number of hydrogen-bond donors (Lipinski definition) is 1. The van der Waals surface area contributed by atoms with Crippen LogP contribution in [0.3, 0.4) is 0 Å². The van der Waals surface area contributed by atoms with Gasteiger partial charge in [0.2, 0.25) is 0 Å². The van der Waals surface area contributed by atoms with E-state index in [0.29, 0.717) is 17.6 Å². The molecule has 0 saturated heterocycles. The van der Waals surface area contributed by atoms with Crippen LogP contribution in [-0.2, 0) is 6.54 Å². The highest BCUT2D eigenvalue weighted by molar-refractivity contribution is 6.01. The maximum atomic E-state index is 11.3. The first-order valence-corrected chi connectivity index (χ1v) is 6.49. The second kappa shape index (κ2) is 5.28. The highest BCUT2D eigenvalue weighted by atomic mass is 16.5. The molecule has 3 aromatic rings. The van der Waals surface area contributed by atoms with E-state index < -0.39 is 5.97 Å². The van der Waals surface area contributed by atoms with Crippen molar-refractivity contribution in [3.8, 4) is 5.75 Å². The van der Waals surface area contributed by atoms with Crippen LogP contribution >= 0.6 is 0 Å². The normalized spacial score (nSPS) is 10.7. The van der Waals surface area contributed by atoms with Crippen LogP contribution in [0.1, 0.15) is 15.9 Å². The van der Waals surface area contributed by atoms with Crippen molar-refractivity contribution in [2.45, 2.75) is 6.54 Å². The second-order valence-electron chi connectivity index (χ2n) is 4.70. The first-order chi connectivity index (χ1) is 10.2. The quantitative estimate of drug-likeness (QED) is 0.799. The van der Waals surface area contributed by atoms with Crippen molar-refractivity contribution in [1.82, 2.24) is 9.55 Å². The number of rotatable bonds is 4. The van der Waals surface area contributed by atoms with E-state index in [1.807, 2.05) is 34.9 Å². The van der Waals surface area contributed by atoms with E-state index in [1.54, 1.807) is 25.6 Å². The summed E-state index contributed by atoms with van der Waals surface area (Å²) in [6.45, 7) is 0.560. The third kappa shape index (κ3) is 2.45. The van der Waals surface area contributed by atoms with Crippen LogP contribution in [0.2, 0.25) is 0 Å². The Morgan fingerprint density at radius 2 is 2.00 bits per heavy atom. The van der Waals surface area contributed by atoms with Gasteiger partial charge in [0.1, 0.15) is 5.75 Å². The van der Waals surface area contributed by atoms with Gasteiger partial charge in [-0.25, -0.2) is 9.78 Å². The summed E-state index contributed by atoms with van der Waals surface area (Å²) in [6.07, 6.45) is 1.67. The topological polar surface area (TPSA) is 64.4 Å². The van der Waals surface area contributed by atoms with E-state index in [2.05, 4.69) is 4.98 Å². The molecule has 0 aliphatic rings. The number of carboxylic acid groups (broad SMARTS) is 1. The molecule has 0 radical (unpaired) electrons. The zero-order chi connectivity index (χ0) is 14.8. The third-order valence-electron chi connectivity index (χ3n) is 3.38. The van der Waals surface area contributed by atoms with Crippen molar-refractivity contribution < 1.29 is 14.6 Å². The minimum atomic E-state index is -0.947. The Labute approximate surface area is 121 Å². The lowest BCUT2D eigenvalue weighted by Gasteiger charge is -2.07. The van der Waals surface area contributed by atoms with Gasteiger partial charge in [0.15, 0.2) is 0 Å². The predicted molar refractivity (Wildman–Crippen MR) is 78.8 cm³/mol. The van der Waals surface area contributed by atoms with Crippen molar-refractivity contribution in [3.05, 3.63) is 59.9 Å². The fourth-order valence-corrected chi connectivity index (χ4v) is 2.35. The van der Waals surface area contributed by atoms with Gasteiger partial charge >= 0.3 is 5.97 Å². The molecule has 1 aromatic heterocycles. The Kier molecular flexibility index (Phi) is 3.31. The molecule has 5 heteroatoms. The number of ether oxygens (including phenoxy) is 1. The van der Waals surface area contributed by atoms with Crippen LogP contribution in [0.5, 0.6) is 5.75 Å². The van der Waals surface area contributed by atoms with Crippen molar-refractivity contribution in [2.75, 3.05) is 7.11 Å². The zero-order valence-corrected chi connectivity index (χ0v) is 11.5. The molecule has 3 rings (SSSR count). The van der Waals surface area contributed by atoms with Gasteiger partial charge in [-0.2, -0.15) is 0 Å². The molecular weight excluding hydrogens is 268 g/mol. The van der Waals surface area contributed by atoms with Crippen LogP contribution in [0.15, 0.2) is 48.8 Å². The molecule has 5 nitrogen and oxygen atoms in total. The second-order valence-corrected chi connectivity index (χ2v) is 4.70. The SMILES string of the molecule is COc1ccc(Cn2cnc3cccc(C(=O)O)c32)cc1. The van der Waals surface area contributed by atoms with Gasteiger partial charge in [0.05, 0.1) is 30.0 Å². The summed E-state index contributed by atoms with van der Waals surface area (Å²) in [7, 11) is 1.62. The highest BCUT2D eigenvalue weighted by Crippen LogP contribution is 2.20. The van der Waals surface area contributed by atoms with Gasteiger partial charge in [-0.15, -0.1) is 0 Å². The number of carboxylic acids is 1. The predicted octanol–water partition coefficient (Wildman–Crippen LogP) is 2.79.